The second kappa shape index (κ2) is 9.82. The fourth-order valence-electron chi connectivity index (χ4n) is 3.11. The van der Waals surface area contributed by atoms with E-state index in [1.807, 2.05) is 43.1 Å². The van der Waals surface area contributed by atoms with Gasteiger partial charge in [-0.15, -0.1) is 0 Å². The first kappa shape index (κ1) is 22.6. The van der Waals surface area contributed by atoms with E-state index in [2.05, 4.69) is 15.4 Å². The second-order valence-corrected chi connectivity index (χ2v) is 8.87. The molecule has 0 radical (unpaired) electrons. The van der Waals surface area contributed by atoms with Crippen molar-refractivity contribution >= 4 is 15.9 Å². The van der Waals surface area contributed by atoms with Gasteiger partial charge < -0.3 is 5.32 Å². The minimum atomic E-state index is -3.69. The monoisotopic (exact) mass is 442 g/mol. The summed E-state index contributed by atoms with van der Waals surface area (Å²) in [4.78, 5) is 18.3. The van der Waals surface area contributed by atoms with Crippen LogP contribution < -0.4 is 10.5 Å². The quantitative estimate of drug-likeness (QED) is 0.514. The van der Waals surface area contributed by atoms with Crippen LogP contribution >= 0.6 is 0 Å². The zero-order chi connectivity index (χ0) is 22.4. The Balaban J connectivity index is 1.46. The van der Waals surface area contributed by atoms with Crippen molar-refractivity contribution in [3.05, 3.63) is 72.3 Å². The maximum absolute atomic E-state index is 12.3. The highest BCUT2D eigenvalue weighted by atomic mass is 32.2. The molecule has 3 N–H and O–H groups in total. The molecule has 3 aromatic rings. The zero-order valence-corrected chi connectivity index (χ0v) is 18.3. The minimum absolute atomic E-state index is 0.0568. The second-order valence-electron chi connectivity index (χ2n) is 7.31. The molecule has 0 aliphatic rings. The summed E-state index contributed by atoms with van der Waals surface area (Å²) in [6.45, 7) is 2.77. The Labute approximate surface area is 181 Å². The molecule has 2 aromatic carbocycles. The van der Waals surface area contributed by atoms with Crippen LogP contribution in [0.25, 0.3) is 5.69 Å². The van der Waals surface area contributed by atoms with Crippen LogP contribution in [0, 0.1) is 0 Å². The van der Waals surface area contributed by atoms with E-state index in [-0.39, 0.29) is 23.4 Å². The van der Waals surface area contributed by atoms with Crippen molar-refractivity contribution in [3.63, 3.8) is 0 Å². The number of carbonyl (C=O) groups excluding carboxylic acids is 1. The zero-order valence-electron chi connectivity index (χ0n) is 17.5. The topological polar surface area (TPSA) is 123 Å². The highest BCUT2D eigenvalue weighted by molar-refractivity contribution is 7.89. The Morgan fingerprint density at radius 2 is 1.84 bits per heavy atom. The smallest absolute Gasteiger partial charge is 0.238 e. The van der Waals surface area contributed by atoms with Crippen molar-refractivity contribution in [1.82, 2.24) is 25.0 Å². The molecule has 0 aliphatic carbocycles. The number of hydrogen-bond acceptors (Lipinski definition) is 6. The van der Waals surface area contributed by atoms with Gasteiger partial charge in [-0.25, -0.2) is 23.2 Å². The standard InChI is InChI=1S/C21H26N6O3S/c1-16(18-5-7-19(8-6-18)27-15-23-14-25-27)26(2)13-21(28)24-12-11-17-3-9-20(10-4-17)31(22,29)30/h3-10,14-16H,11-13H2,1-2H3,(H,24,28)(H2,22,29,30). The minimum Gasteiger partial charge on any atom is -0.355 e. The van der Waals surface area contributed by atoms with Crippen molar-refractivity contribution in [2.24, 2.45) is 5.14 Å². The number of hydrogen-bond donors (Lipinski definition) is 2. The van der Waals surface area contributed by atoms with Gasteiger partial charge in [-0.3, -0.25) is 9.69 Å². The molecule has 0 saturated heterocycles. The van der Waals surface area contributed by atoms with Crippen LogP contribution in [0.3, 0.4) is 0 Å². The van der Waals surface area contributed by atoms with E-state index in [1.165, 1.54) is 18.5 Å². The Bertz CT molecular complexity index is 1100. The Hall–Kier alpha value is -3.08. The highest BCUT2D eigenvalue weighted by Gasteiger charge is 2.15. The summed E-state index contributed by atoms with van der Waals surface area (Å²) in [6, 6.07) is 14.4. The molecule has 1 amide bonds. The largest absolute Gasteiger partial charge is 0.355 e. The lowest BCUT2D eigenvalue weighted by molar-refractivity contribution is -0.122. The maximum Gasteiger partial charge on any atom is 0.238 e. The van der Waals surface area contributed by atoms with E-state index in [4.69, 9.17) is 5.14 Å². The van der Waals surface area contributed by atoms with Gasteiger partial charge in [0.15, 0.2) is 0 Å². The molecule has 9 nitrogen and oxygen atoms in total. The van der Waals surface area contributed by atoms with E-state index in [0.717, 1.165) is 16.8 Å². The SMILES string of the molecule is CC(c1ccc(-n2cncn2)cc1)N(C)CC(=O)NCCc1ccc(S(N)(=O)=O)cc1. The first-order valence-electron chi connectivity index (χ1n) is 9.77. The van der Waals surface area contributed by atoms with E-state index in [1.54, 1.807) is 23.1 Å². The third-order valence-electron chi connectivity index (χ3n) is 5.10. The summed E-state index contributed by atoms with van der Waals surface area (Å²) in [5, 5.41) is 12.1. The number of sulfonamides is 1. The summed E-state index contributed by atoms with van der Waals surface area (Å²) in [6.07, 6.45) is 3.73. The van der Waals surface area contributed by atoms with Crippen molar-refractivity contribution < 1.29 is 13.2 Å². The molecular weight excluding hydrogens is 416 g/mol. The van der Waals surface area contributed by atoms with Gasteiger partial charge in [0.05, 0.1) is 17.1 Å². The van der Waals surface area contributed by atoms with E-state index >= 15 is 0 Å². The van der Waals surface area contributed by atoms with Gasteiger partial charge in [0.2, 0.25) is 15.9 Å². The molecule has 1 atom stereocenters. The number of nitrogens with zero attached hydrogens (tertiary/aromatic N) is 4. The van der Waals surface area contributed by atoms with Crippen LogP contribution in [0.4, 0.5) is 0 Å². The molecule has 3 rings (SSSR count). The van der Waals surface area contributed by atoms with Gasteiger partial charge in [0.25, 0.3) is 0 Å². The first-order chi connectivity index (χ1) is 14.7. The predicted octanol–water partition coefficient (Wildman–Crippen LogP) is 1.27. The summed E-state index contributed by atoms with van der Waals surface area (Å²) in [5.41, 5.74) is 2.93. The third-order valence-corrected chi connectivity index (χ3v) is 6.03. The summed E-state index contributed by atoms with van der Waals surface area (Å²) >= 11 is 0. The van der Waals surface area contributed by atoms with Gasteiger partial charge in [-0.2, -0.15) is 5.10 Å². The number of rotatable bonds is 9. The average Bonchev–Trinajstić information content (AvgIpc) is 3.28. The molecule has 1 heterocycles. The van der Waals surface area contributed by atoms with Crippen molar-refractivity contribution in [3.8, 4) is 5.69 Å². The van der Waals surface area contributed by atoms with Crippen LogP contribution in [0.15, 0.2) is 66.1 Å². The molecule has 1 aromatic heterocycles. The summed E-state index contributed by atoms with van der Waals surface area (Å²) < 4.78 is 24.3. The Kier molecular flexibility index (Phi) is 7.16. The Morgan fingerprint density at radius 1 is 1.16 bits per heavy atom. The number of primary sulfonamides is 1. The number of amides is 1. The molecule has 1 unspecified atom stereocenters. The number of aromatic nitrogens is 3. The van der Waals surface area contributed by atoms with Crippen LogP contribution in [0.2, 0.25) is 0 Å². The molecule has 31 heavy (non-hydrogen) atoms. The van der Waals surface area contributed by atoms with Gasteiger partial charge in [-0.1, -0.05) is 24.3 Å². The molecule has 0 aliphatic heterocycles. The molecular formula is C21H26N6O3S. The fourth-order valence-corrected chi connectivity index (χ4v) is 3.63. The predicted molar refractivity (Wildman–Crippen MR) is 117 cm³/mol. The van der Waals surface area contributed by atoms with Gasteiger partial charge in [-0.05, 0) is 55.8 Å². The normalized spacial score (nSPS) is 12.6. The lowest BCUT2D eigenvalue weighted by Crippen LogP contribution is -2.37. The highest BCUT2D eigenvalue weighted by Crippen LogP contribution is 2.20. The van der Waals surface area contributed by atoms with Gasteiger partial charge >= 0.3 is 0 Å². The summed E-state index contributed by atoms with van der Waals surface area (Å²) in [7, 11) is -1.79. The maximum atomic E-state index is 12.3. The third kappa shape index (κ3) is 6.20. The molecule has 0 spiro atoms. The van der Waals surface area contributed by atoms with E-state index in [0.29, 0.717) is 13.0 Å². The van der Waals surface area contributed by atoms with Crippen LogP contribution in [0.1, 0.15) is 24.1 Å². The van der Waals surface area contributed by atoms with Gasteiger partial charge in [0, 0.05) is 12.6 Å². The number of nitrogens with one attached hydrogen (secondary N) is 1. The van der Waals surface area contributed by atoms with Crippen molar-refractivity contribution in [1.29, 1.82) is 0 Å². The van der Waals surface area contributed by atoms with Crippen LogP contribution in [-0.2, 0) is 21.2 Å². The number of nitrogens with two attached hydrogens (primary N) is 1. The van der Waals surface area contributed by atoms with Crippen molar-refractivity contribution in [2.45, 2.75) is 24.3 Å². The van der Waals surface area contributed by atoms with Crippen LogP contribution in [0.5, 0.6) is 0 Å². The Morgan fingerprint density at radius 3 is 2.42 bits per heavy atom. The molecule has 164 valence electrons. The fraction of sp³-hybridized carbons (Fsp3) is 0.286. The lowest BCUT2D eigenvalue weighted by atomic mass is 10.1. The number of likely N-dealkylation sites (N-methyl/N-ethyl adjacent to an activating group) is 1. The number of carbonyl (C=O) groups is 1. The molecule has 0 fully saturated rings. The first-order valence-corrected chi connectivity index (χ1v) is 11.3. The van der Waals surface area contributed by atoms with Gasteiger partial charge in [0.1, 0.15) is 12.7 Å². The average molecular weight is 443 g/mol. The van der Waals surface area contributed by atoms with Crippen molar-refractivity contribution in [2.75, 3.05) is 20.1 Å². The number of benzene rings is 2. The molecule has 0 saturated carbocycles. The molecule has 0 bridgehead atoms. The van der Waals surface area contributed by atoms with E-state index in [9.17, 15) is 13.2 Å². The summed E-state index contributed by atoms with van der Waals surface area (Å²) in [5.74, 6) is -0.0743. The lowest BCUT2D eigenvalue weighted by Gasteiger charge is -2.24. The molecule has 10 heteroatoms. The van der Waals surface area contributed by atoms with E-state index < -0.39 is 10.0 Å². The van der Waals surface area contributed by atoms with Crippen LogP contribution in [-0.4, -0.2) is 54.1 Å².